The molecule has 2 atom stereocenters. The Morgan fingerprint density at radius 2 is 2.00 bits per heavy atom. The maximum atomic E-state index is 13.8. The molecule has 2 rings (SSSR count). The van der Waals surface area contributed by atoms with Crippen LogP contribution in [0.4, 0.5) is 4.39 Å². The van der Waals surface area contributed by atoms with Crippen LogP contribution in [0.25, 0.3) is 0 Å². The molecule has 0 saturated heterocycles. The second-order valence-corrected chi connectivity index (χ2v) is 6.41. The van der Waals surface area contributed by atoms with Gasteiger partial charge in [0.15, 0.2) is 0 Å². The van der Waals surface area contributed by atoms with Crippen LogP contribution in [0.15, 0.2) is 18.2 Å². The van der Waals surface area contributed by atoms with E-state index in [0.717, 1.165) is 12.0 Å². The zero-order chi connectivity index (χ0) is 12.3. The summed E-state index contributed by atoms with van der Waals surface area (Å²) in [5.74, 6) is 0.295. The van der Waals surface area contributed by atoms with Crippen LogP contribution in [0.1, 0.15) is 37.7 Å². The molecule has 1 fully saturated rings. The van der Waals surface area contributed by atoms with E-state index in [0.29, 0.717) is 10.7 Å². The van der Waals surface area contributed by atoms with E-state index in [9.17, 15) is 4.39 Å². The minimum absolute atomic E-state index is 0.238. The lowest BCUT2D eigenvalue weighted by atomic mass is 9.92. The van der Waals surface area contributed by atoms with Gasteiger partial charge in [-0.2, -0.15) is 0 Å². The highest BCUT2D eigenvalue weighted by Gasteiger charge is 2.22. The van der Waals surface area contributed by atoms with E-state index in [-0.39, 0.29) is 10.8 Å². The molecule has 0 spiro atoms. The average Bonchev–Trinajstić information content (AvgIpc) is 2.51. The summed E-state index contributed by atoms with van der Waals surface area (Å²) in [5, 5.41) is 0.238. The van der Waals surface area contributed by atoms with Gasteiger partial charge in [-0.05, 0) is 36.8 Å². The van der Waals surface area contributed by atoms with E-state index in [1.807, 2.05) is 12.1 Å². The predicted octanol–water partition coefficient (Wildman–Crippen LogP) is 5.37. The van der Waals surface area contributed by atoms with Crippen molar-refractivity contribution in [3.8, 4) is 0 Å². The van der Waals surface area contributed by atoms with Gasteiger partial charge in [-0.15, -0.1) is 0 Å². The van der Waals surface area contributed by atoms with Crippen molar-refractivity contribution >= 4 is 27.5 Å². The van der Waals surface area contributed by atoms with Crippen molar-refractivity contribution in [2.75, 3.05) is 0 Å². The van der Waals surface area contributed by atoms with Crippen molar-refractivity contribution in [3.63, 3.8) is 0 Å². The van der Waals surface area contributed by atoms with E-state index < -0.39 is 0 Å². The first-order valence-corrected chi connectivity index (χ1v) is 7.55. The van der Waals surface area contributed by atoms with Gasteiger partial charge < -0.3 is 0 Å². The Bertz CT molecular complexity index is 380. The average molecular weight is 320 g/mol. The van der Waals surface area contributed by atoms with Gasteiger partial charge in [-0.1, -0.05) is 58.9 Å². The van der Waals surface area contributed by atoms with Crippen LogP contribution < -0.4 is 0 Å². The second-order valence-electron chi connectivity index (χ2n) is 4.83. The Balaban J connectivity index is 2.10. The molecule has 0 N–H and O–H groups in total. The third kappa shape index (κ3) is 3.45. The lowest BCUT2D eigenvalue weighted by molar-refractivity contribution is 0.464. The fraction of sp³-hybridized carbons (Fsp3) is 0.571. The predicted molar refractivity (Wildman–Crippen MR) is 74.4 cm³/mol. The van der Waals surface area contributed by atoms with E-state index in [4.69, 9.17) is 11.6 Å². The summed E-state index contributed by atoms with van der Waals surface area (Å²) in [7, 11) is 0. The third-order valence-electron chi connectivity index (χ3n) is 3.58. The summed E-state index contributed by atoms with van der Waals surface area (Å²) >= 11 is 9.56. The normalized spacial score (nSPS) is 25.6. The van der Waals surface area contributed by atoms with E-state index in [1.54, 1.807) is 6.07 Å². The minimum Gasteiger partial charge on any atom is -0.205 e. The molecule has 0 aliphatic heterocycles. The van der Waals surface area contributed by atoms with Gasteiger partial charge in [-0.3, -0.25) is 0 Å². The Kier molecular flexibility index (Phi) is 4.87. The number of benzene rings is 1. The van der Waals surface area contributed by atoms with Crippen LogP contribution in [-0.2, 0) is 6.42 Å². The molecule has 0 heterocycles. The maximum absolute atomic E-state index is 13.8. The minimum atomic E-state index is -0.238. The smallest absolute Gasteiger partial charge is 0.144 e. The zero-order valence-electron chi connectivity index (χ0n) is 9.76. The molecule has 3 heteroatoms. The van der Waals surface area contributed by atoms with Crippen LogP contribution in [0, 0.1) is 11.7 Å². The molecule has 0 nitrogen and oxygen atoms in total. The first kappa shape index (κ1) is 13.4. The highest BCUT2D eigenvalue weighted by atomic mass is 79.9. The molecule has 0 radical (unpaired) electrons. The number of hydrogen-bond donors (Lipinski definition) is 0. The highest BCUT2D eigenvalue weighted by molar-refractivity contribution is 9.09. The van der Waals surface area contributed by atoms with Crippen molar-refractivity contribution < 1.29 is 4.39 Å². The third-order valence-corrected chi connectivity index (χ3v) is 5.08. The number of alkyl halides is 1. The Hall–Kier alpha value is -0.0800. The van der Waals surface area contributed by atoms with Crippen LogP contribution >= 0.6 is 27.5 Å². The van der Waals surface area contributed by atoms with Crippen LogP contribution in [0.3, 0.4) is 0 Å². The fourth-order valence-corrected chi connectivity index (χ4v) is 3.53. The zero-order valence-corrected chi connectivity index (χ0v) is 12.1. The molecule has 0 aromatic heterocycles. The summed E-state index contributed by atoms with van der Waals surface area (Å²) in [6, 6.07) is 5.30. The topological polar surface area (TPSA) is 0 Å². The molecule has 17 heavy (non-hydrogen) atoms. The molecule has 1 aliphatic carbocycles. The standard InChI is InChI=1S/C14H17BrClF/c15-12-7-3-1-2-5-10(12)9-11-6-4-8-13(16)14(11)17/h4,6,8,10,12H,1-3,5,7,9H2. The van der Waals surface area contributed by atoms with Gasteiger partial charge >= 0.3 is 0 Å². The molecular formula is C14H17BrClF. The molecular weight excluding hydrogens is 303 g/mol. The van der Waals surface area contributed by atoms with Gasteiger partial charge in [0.2, 0.25) is 0 Å². The van der Waals surface area contributed by atoms with Crippen molar-refractivity contribution in [2.24, 2.45) is 5.92 Å². The lowest BCUT2D eigenvalue weighted by Crippen LogP contribution is -2.16. The summed E-state index contributed by atoms with van der Waals surface area (Å²) in [6.45, 7) is 0. The molecule has 0 bridgehead atoms. The van der Waals surface area contributed by atoms with Gasteiger partial charge in [0.25, 0.3) is 0 Å². The largest absolute Gasteiger partial charge is 0.205 e. The number of halogens is 3. The van der Waals surface area contributed by atoms with Crippen molar-refractivity contribution in [2.45, 2.75) is 43.4 Å². The maximum Gasteiger partial charge on any atom is 0.144 e. The summed E-state index contributed by atoms with van der Waals surface area (Å²) < 4.78 is 13.8. The summed E-state index contributed by atoms with van der Waals surface area (Å²) in [5.41, 5.74) is 0.758. The molecule has 1 saturated carbocycles. The molecule has 94 valence electrons. The molecule has 1 aromatic rings. The molecule has 1 aromatic carbocycles. The van der Waals surface area contributed by atoms with Crippen LogP contribution in [0.5, 0.6) is 0 Å². The Morgan fingerprint density at radius 1 is 1.24 bits per heavy atom. The second kappa shape index (κ2) is 6.19. The molecule has 1 aliphatic rings. The van der Waals surface area contributed by atoms with Gasteiger partial charge in [0, 0.05) is 4.83 Å². The SMILES string of the molecule is Fc1c(Cl)cccc1CC1CCCCCC1Br. The highest BCUT2D eigenvalue weighted by Crippen LogP contribution is 2.32. The van der Waals surface area contributed by atoms with Crippen molar-refractivity contribution in [1.29, 1.82) is 0 Å². The van der Waals surface area contributed by atoms with Gasteiger partial charge in [0.05, 0.1) is 5.02 Å². The first-order valence-electron chi connectivity index (χ1n) is 6.25. The molecule has 0 amide bonds. The number of rotatable bonds is 2. The monoisotopic (exact) mass is 318 g/mol. The van der Waals surface area contributed by atoms with E-state index in [2.05, 4.69) is 15.9 Å². The quantitative estimate of drug-likeness (QED) is 0.508. The van der Waals surface area contributed by atoms with Crippen molar-refractivity contribution in [1.82, 2.24) is 0 Å². The van der Waals surface area contributed by atoms with Gasteiger partial charge in [0.1, 0.15) is 5.82 Å². The summed E-state index contributed by atoms with van der Waals surface area (Å²) in [6.07, 6.45) is 7.02. The van der Waals surface area contributed by atoms with Crippen molar-refractivity contribution in [3.05, 3.63) is 34.6 Å². The molecule has 2 unspecified atom stereocenters. The Morgan fingerprint density at radius 3 is 2.82 bits per heavy atom. The van der Waals surface area contributed by atoms with Gasteiger partial charge in [-0.25, -0.2) is 4.39 Å². The Labute approximate surface area is 116 Å². The fourth-order valence-electron chi connectivity index (χ4n) is 2.56. The summed E-state index contributed by atoms with van der Waals surface area (Å²) in [4.78, 5) is 0.517. The van der Waals surface area contributed by atoms with E-state index in [1.165, 1.54) is 32.1 Å². The number of hydrogen-bond acceptors (Lipinski definition) is 0. The lowest BCUT2D eigenvalue weighted by Gasteiger charge is -2.20. The van der Waals surface area contributed by atoms with Crippen LogP contribution in [-0.4, -0.2) is 4.83 Å². The first-order chi connectivity index (χ1) is 8.18. The van der Waals surface area contributed by atoms with E-state index >= 15 is 0 Å². The van der Waals surface area contributed by atoms with Crippen LogP contribution in [0.2, 0.25) is 5.02 Å².